The molecule has 196 valence electrons. The van der Waals surface area contributed by atoms with Crippen molar-refractivity contribution in [3.8, 4) is 23.0 Å². The van der Waals surface area contributed by atoms with Crippen molar-refractivity contribution in [2.24, 2.45) is 7.05 Å². The third kappa shape index (κ3) is 4.60. The SMILES string of the molecule is CCOc1nn(C(C)CO)c2c1/C=C/c1ncc3c(C)nc(cn13)-c1cnn(C)c1O[C@@H](C)CN(C)C2. The molecule has 1 aliphatic rings. The van der Waals surface area contributed by atoms with Crippen molar-refractivity contribution in [1.82, 2.24) is 38.8 Å². The van der Waals surface area contributed by atoms with Crippen LogP contribution in [0.25, 0.3) is 28.9 Å². The molecule has 37 heavy (non-hydrogen) atoms. The smallest absolute Gasteiger partial charge is 0.240 e. The second kappa shape index (κ2) is 9.98. The standard InChI is InChI=1S/C26H34N8O3/c1-7-36-25-19-8-9-24-27-11-22-18(4)29-21(13-33(22)24)20-10-28-32(6)26(20)37-17(3)12-31(5)14-23(19)34(30-25)16(2)15-35/h8-11,13,16-17,35H,7,12,14-15H2,1-6H3/b9-8+/t16?,17-/m0/s1. The molecular formula is C26H34N8O3. The number of rotatable bonds is 4. The van der Waals surface area contributed by atoms with Crippen molar-refractivity contribution >= 4 is 17.7 Å². The molecule has 0 saturated heterocycles. The zero-order chi connectivity index (χ0) is 26.3. The Morgan fingerprint density at radius 2 is 2.05 bits per heavy atom. The van der Waals surface area contributed by atoms with Gasteiger partial charge in [0.05, 0.1) is 65.4 Å². The third-order valence-corrected chi connectivity index (χ3v) is 6.58. The Hall–Kier alpha value is -3.70. The summed E-state index contributed by atoms with van der Waals surface area (Å²) in [6.07, 6.45) is 9.43. The van der Waals surface area contributed by atoms with Crippen molar-refractivity contribution in [3.63, 3.8) is 0 Å². The number of likely N-dealkylation sites (N-methyl/N-ethyl adjacent to an activating group) is 1. The van der Waals surface area contributed by atoms with Crippen LogP contribution in [0.1, 0.15) is 49.6 Å². The molecule has 0 amide bonds. The number of hydrogen-bond acceptors (Lipinski definition) is 8. The summed E-state index contributed by atoms with van der Waals surface area (Å²) in [5.74, 6) is 1.95. The number of fused-ring (bicyclic) bond motifs is 4. The van der Waals surface area contributed by atoms with Gasteiger partial charge in [0.15, 0.2) is 0 Å². The Morgan fingerprint density at radius 3 is 2.81 bits per heavy atom. The fraction of sp³-hybridized carbons (Fsp3) is 0.462. The normalized spacial score (nSPS) is 18.1. The van der Waals surface area contributed by atoms with Gasteiger partial charge in [0.2, 0.25) is 11.8 Å². The average Bonchev–Trinajstić information content (AvgIpc) is 3.53. The number of nitrogens with zero attached hydrogens (tertiary/aromatic N) is 8. The Labute approximate surface area is 216 Å². The van der Waals surface area contributed by atoms with Crippen LogP contribution in [0, 0.1) is 6.92 Å². The maximum absolute atomic E-state index is 9.94. The first-order chi connectivity index (χ1) is 17.8. The van der Waals surface area contributed by atoms with E-state index in [1.807, 2.05) is 75.4 Å². The lowest BCUT2D eigenvalue weighted by atomic mass is 10.2. The van der Waals surface area contributed by atoms with Gasteiger partial charge in [0, 0.05) is 26.3 Å². The Balaban J connectivity index is 1.73. The van der Waals surface area contributed by atoms with Gasteiger partial charge >= 0.3 is 0 Å². The summed E-state index contributed by atoms with van der Waals surface area (Å²) >= 11 is 0. The van der Waals surface area contributed by atoms with E-state index in [0.717, 1.165) is 39.5 Å². The largest absolute Gasteiger partial charge is 0.476 e. The quantitative estimate of drug-likeness (QED) is 0.450. The summed E-state index contributed by atoms with van der Waals surface area (Å²) in [5.41, 5.74) is 5.18. The van der Waals surface area contributed by atoms with Crippen LogP contribution in [0.3, 0.4) is 0 Å². The van der Waals surface area contributed by atoms with E-state index in [9.17, 15) is 5.11 Å². The predicted molar refractivity (Wildman–Crippen MR) is 140 cm³/mol. The molecule has 5 heterocycles. The predicted octanol–water partition coefficient (Wildman–Crippen LogP) is 2.97. The molecule has 0 aromatic carbocycles. The van der Waals surface area contributed by atoms with Crippen LogP contribution in [-0.2, 0) is 13.6 Å². The summed E-state index contributed by atoms with van der Waals surface area (Å²) in [7, 11) is 3.92. The number of hydrogen-bond donors (Lipinski definition) is 1. The molecule has 4 aromatic heterocycles. The van der Waals surface area contributed by atoms with Gasteiger partial charge in [-0.15, -0.1) is 5.10 Å². The molecule has 11 nitrogen and oxygen atoms in total. The van der Waals surface area contributed by atoms with Crippen molar-refractivity contribution in [2.75, 3.05) is 26.8 Å². The minimum Gasteiger partial charge on any atom is -0.476 e. The molecule has 0 saturated carbocycles. The van der Waals surface area contributed by atoms with E-state index in [1.165, 1.54) is 0 Å². The maximum Gasteiger partial charge on any atom is 0.240 e. The van der Waals surface area contributed by atoms with Gasteiger partial charge in [-0.05, 0) is 46.9 Å². The fourth-order valence-corrected chi connectivity index (χ4v) is 4.78. The van der Waals surface area contributed by atoms with Gasteiger partial charge in [-0.25, -0.2) is 14.6 Å². The fourth-order valence-electron chi connectivity index (χ4n) is 4.78. The highest BCUT2D eigenvalue weighted by molar-refractivity contribution is 5.74. The second-order valence-electron chi connectivity index (χ2n) is 9.60. The first-order valence-electron chi connectivity index (χ1n) is 12.6. The van der Waals surface area contributed by atoms with Crippen LogP contribution in [-0.4, -0.2) is 76.8 Å². The number of aryl methyl sites for hydroxylation is 2. The first-order valence-corrected chi connectivity index (χ1v) is 12.6. The lowest BCUT2D eigenvalue weighted by Crippen LogP contribution is -2.32. The Bertz CT molecular complexity index is 1450. The van der Waals surface area contributed by atoms with Crippen LogP contribution < -0.4 is 9.47 Å². The number of aliphatic hydroxyl groups is 1. The Kier molecular flexibility index (Phi) is 6.74. The lowest BCUT2D eigenvalue weighted by Gasteiger charge is -2.24. The number of imidazole rings is 1. The zero-order valence-corrected chi connectivity index (χ0v) is 22.2. The van der Waals surface area contributed by atoms with Crippen molar-refractivity contribution in [3.05, 3.63) is 41.4 Å². The molecule has 0 aliphatic carbocycles. The summed E-state index contributed by atoms with van der Waals surface area (Å²) in [4.78, 5) is 11.7. The van der Waals surface area contributed by atoms with E-state index in [0.29, 0.717) is 31.5 Å². The van der Waals surface area contributed by atoms with Crippen molar-refractivity contribution in [2.45, 2.75) is 46.4 Å². The number of ether oxygens (including phenoxy) is 2. The second-order valence-corrected chi connectivity index (χ2v) is 9.60. The van der Waals surface area contributed by atoms with Crippen LogP contribution in [0.5, 0.6) is 11.8 Å². The van der Waals surface area contributed by atoms with Crippen LogP contribution >= 0.6 is 0 Å². The van der Waals surface area contributed by atoms with Gasteiger partial charge in [-0.3, -0.25) is 14.0 Å². The minimum absolute atomic E-state index is 0.0319. The number of aromatic nitrogens is 7. The monoisotopic (exact) mass is 506 g/mol. The molecule has 0 radical (unpaired) electrons. The summed E-state index contributed by atoms with van der Waals surface area (Å²) in [5, 5.41) is 19.1. The molecule has 1 unspecified atom stereocenters. The molecule has 4 aromatic rings. The van der Waals surface area contributed by atoms with E-state index in [-0.39, 0.29) is 18.8 Å². The maximum atomic E-state index is 9.94. The molecule has 0 spiro atoms. The molecule has 5 rings (SSSR count). The average molecular weight is 507 g/mol. The molecule has 1 N–H and O–H groups in total. The number of aliphatic hydroxyl groups excluding tert-OH is 1. The topological polar surface area (TPSA) is 108 Å². The third-order valence-electron chi connectivity index (χ3n) is 6.58. The molecular weight excluding hydrogens is 472 g/mol. The highest BCUT2D eigenvalue weighted by Gasteiger charge is 2.24. The van der Waals surface area contributed by atoms with Crippen LogP contribution in [0.4, 0.5) is 0 Å². The van der Waals surface area contributed by atoms with Gasteiger partial charge in [-0.1, -0.05) is 0 Å². The summed E-state index contributed by atoms with van der Waals surface area (Å²) in [6, 6.07) is -0.207. The lowest BCUT2D eigenvalue weighted by molar-refractivity contribution is 0.145. The highest BCUT2D eigenvalue weighted by Crippen LogP contribution is 2.32. The zero-order valence-electron chi connectivity index (χ0n) is 22.2. The van der Waals surface area contributed by atoms with Crippen molar-refractivity contribution < 1.29 is 14.6 Å². The van der Waals surface area contributed by atoms with Crippen molar-refractivity contribution in [1.29, 1.82) is 0 Å². The van der Waals surface area contributed by atoms with Gasteiger partial charge in [0.1, 0.15) is 11.9 Å². The van der Waals surface area contributed by atoms with Gasteiger partial charge < -0.3 is 14.6 Å². The van der Waals surface area contributed by atoms with E-state index in [4.69, 9.17) is 19.6 Å². The van der Waals surface area contributed by atoms with E-state index in [1.54, 1.807) is 10.9 Å². The van der Waals surface area contributed by atoms with Crippen LogP contribution in [0.2, 0.25) is 0 Å². The van der Waals surface area contributed by atoms with E-state index >= 15 is 0 Å². The molecule has 2 atom stereocenters. The highest BCUT2D eigenvalue weighted by atomic mass is 16.5. The minimum atomic E-state index is -0.207. The van der Waals surface area contributed by atoms with Gasteiger partial charge in [-0.2, -0.15) is 5.10 Å². The molecule has 0 fully saturated rings. The summed E-state index contributed by atoms with van der Waals surface area (Å²) < 4.78 is 18.0. The molecule has 11 heteroatoms. The van der Waals surface area contributed by atoms with Gasteiger partial charge in [0.25, 0.3) is 0 Å². The molecule has 1 aliphatic heterocycles. The Morgan fingerprint density at radius 1 is 1.24 bits per heavy atom. The molecule has 2 bridgehead atoms. The van der Waals surface area contributed by atoms with E-state index < -0.39 is 0 Å². The summed E-state index contributed by atoms with van der Waals surface area (Å²) in [6.45, 7) is 9.59. The van der Waals surface area contributed by atoms with Crippen LogP contribution in [0.15, 0.2) is 18.6 Å². The first kappa shape index (κ1) is 25.0. The van der Waals surface area contributed by atoms with E-state index in [2.05, 4.69) is 15.0 Å².